The molecule has 2 unspecified atom stereocenters. The lowest BCUT2D eigenvalue weighted by molar-refractivity contribution is -0.121. The molecule has 0 fully saturated rings. The van der Waals surface area contributed by atoms with Gasteiger partial charge in [0.05, 0.1) is 11.3 Å². The summed E-state index contributed by atoms with van der Waals surface area (Å²) in [6.45, 7) is 1.88. The van der Waals surface area contributed by atoms with Gasteiger partial charge in [-0.1, -0.05) is 30.3 Å². The Bertz CT molecular complexity index is 570. The zero-order valence-electron chi connectivity index (χ0n) is 11.5. The third-order valence-corrected chi connectivity index (χ3v) is 3.48. The first-order valence-corrected chi connectivity index (χ1v) is 6.96. The van der Waals surface area contributed by atoms with Gasteiger partial charge in [-0.05, 0) is 18.9 Å². The van der Waals surface area contributed by atoms with Crippen molar-refractivity contribution in [2.24, 2.45) is 7.05 Å². The Morgan fingerprint density at radius 3 is 2.70 bits per heavy atom. The molecule has 0 saturated carbocycles. The first-order valence-electron chi connectivity index (χ1n) is 6.44. The van der Waals surface area contributed by atoms with E-state index in [1.54, 1.807) is 10.9 Å². The Labute approximate surface area is 123 Å². The normalized spacial score (nSPS) is 13.8. The number of hydrogen-bond donors (Lipinski definition) is 2. The molecule has 20 heavy (non-hydrogen) atoms. The molecule has 6 heteroatoms. The van der Waals surface area contributed by atoms with E-state index in [4.69, 9.17) is 0 Å². The van der Waals surface area contributed by atoms with Crippen LogP contribution < -0.4 is 5.32 Å². The minimum absolute atomic E-state index is 0.104. The summed E-state index contributed by atoms with van der Waals surface area (Å²) in [7, 11) is 1.85. The largest absolute Gasteiger partial charge is 0.345 e. The van der Waals surface area contributed by atoms with Gasteiger partial charge in [0.2, 0.25) is 5.91 Å². The third-order valence-electron chi connectivity index (χ3n) is 3.07. The summed E-state index contributed by atoms with van der Waals surface area (Å²) in [6.07, 6.45) is 2.21. The molecule has 0 bridgehead atoms. The predicted octanol–water partition coefficient (Wildman–Crippen LogP) is 1.53. The minimum atomic E-state index is -0.381. The summed E-state index contributed by atoms with van der Waals surface area (Å²) < 4.78 is 1.79. The summed E-state index contributed by atoms with van der Waals surface area (Å²) in [5, 5.41) is 10.3. The van der Waals surface area contributed by atoms with Crippen molar-refractivity contribution in [1.82, 2.24) is 20.1 Å². The molecule has 2 atom stereocenters. The summed E-state index contributed by atoms with van der Waals surface area (Å²) in [5.41, 5.74) is 1.09. The van der Waals surface area contributed by atoms with E-state index in [0.717, 1.165) is 11.4 Å². The number of thiol groups is 1. The van der Waals surface area contributed by atoms with E-state index in [0.29, 0.717) is 6.42 Å². The number of nitrogens with zero attached hydrogens (tertiary/aromatic N) is 3. The molecule has 0 saturated heterocycles. The van der Waals surface area contributed by atoms with Gasteiger partial charge in [0.15, 0.2) is 5.82 Å². The highest BCUT2D eigenvalue weighted by Gasteiger charge is 2.19. The molecule has 0 spiro atoms. The zero-order chi connectivity index (χ0) is 14.5. The molecule has 2 rings (SSSR count). The van der Waals surface area contributed by atoms with Crippen molar-refractivity contribution in [3.63, 3.8) is 0 Å². The Kier molecular flexibility index (Phi) is 4.79. The molecule has 1 aromatic heterocycles. The molecule has 1 amide bonds. The Hall–Kier alpha value is -1.82. The number of rotatable bonds is 5. The molecule has 0 aliphatic rings. The van der Waals surface area contributed by atoms with Crippen molar-refractivity contribution < 1.29 is 4.79 Å². The van der Waals surface area contributed by atoms with Crippen LogP contribution in [0, 0.1) is 0 Å². The van der Waals surface area contributed by atoms with Crippen LogP contribution in [0.4, 0.5) is 0 Å². The van der Waals surface area contributed by atoms with Crippen LogP contribution in [0.5, 0.6) is 0 Å². The molecule has 2 aromatic rings. The van der Waals surface area contributed by atoms with Crippen LogP contribution in [0.25, 0.3) is 0 Å². The van der Waals surface area contributed by atoms with Gasteiger partial charge in [-0.25, -0.2) is 0 Å². The molecule has 1 aromatic carbocycles. The van der Waals surface area contributed by atoms with Crippen molar-refractivity contribution >= 4 is 18.5 Å². The lowest BCUT2D eigenvalue weighted by Gasteiger charge is -2.16. The predicted molar refractivity (Wildman–Crippen MR) is 80.5 cm³/mol. The average molecular weight is 290 g/mol. The highest BCUT2D eigenvalue weighted by atomic mass is 32.1. The molecule has 106 valence electrons. The first-order chi connectivity index (χ1) is 9.58. The van der Waals surface area contributed by atoms with Crippen LogP contribution in [0.15, 0.2) is 36.7 Å². The van der Waals surface area contributed by atoms with E-state index in [9.17, 15) is 4.79 Å². The Balaban J connectivity index is 1.93. The Morgan fingerprint density at radius 2 is 2.10 bits per heavy atom. The standard InChI is InChI=1S/C14H18N4OS/c1-10(13-17-15-9-18(13)2)16-14(19)12(20)8-11-6-4-3-5-7-11/h3-7,9-10,12,20H,8H2,1-2H3,(H,16,19). The highest BCUT2D eigenvalue weighted by Crippen LogP contribution is 2.11. The van der Waals surface area contributed by atoms with Crippen LogP contribution >= 0.6 is 12.6 Å². The quantitative estimate of drug-likeness (QED) is 0.821. The Morgan fingerprint density at radius 1 is 1.40 bits per heavy atom. The molecule has 0 aliphatic heterocycles. The molecule has 0 aliphatic carbocycles. The molecule has 0 radical (unpaired) electrons. The van der Waals surface area contributed by atoms with Crippen LogP contribution in [0.3, 0.4) is 0 Å². The van der Waals surface area contributed by atoms with Crippen molar-refractivity contribution in [2.45, 2.75) is 24.6 Å². The number of aryl methyl sites for hydroxylation is 1. The monoisotopic (exact) mass is 290 g/mol. The lowest BCUT2D eigenvalue weighted by atomic mass is 10.1. The van der Waals surface area contributed by atoms with E-state index in [-0.39, 0.29) is 17.2 Å². The van der Waals surface area contributed by atoms with Crippen LogP contribution in [-0.2, 0) is 18.3 Å². The van der Waals surface area contributed by atoms with Gasteiger partial charge in [-0.15, -0.1) is 10.2 Å². The van der Waals surface area contributed by atoms with Gasteiger partial charge in [0, 0.05) is 7.05 Å². The number of hydrogen-bond acceptors (Lipinski definition) is 4. The van der Waals surface area contributed by atoms with E-state index < -0.39 is 0 Å². The van der Waals surface area contributed by atoms with Gasteiger partial charge in [-0.2, -0.15) is 12.6 Å². The second-order valence-electron chi connectivity index (χ2n) is 4.74. The third kappa shape index (κ3) is 3.60. The zero-order valence-corrected chi connectivity index (χ0v) is 12.4. The maximum Gasteiger partial charge on any atom is 0.233 e. The number of nitrogens with one attached hydrogen (secondary N) is 1. The summed E-state index contributed by atoms with van der Waals surface area (Å²) >= 11 is 4.38. The average Bonchev–Trinajstić information content (AvgIpc) is 2.86. The molecule has 1 N–H and O–H groups in total. The van der Waals surface area contributed by atoms with Gasteiger partial charge in [0.25, 0.3) is 0 Å². The lowest BCUT2D eigenvalue weighted by Crippen LogP contribution is -2.35. The number of aromatic nitrogens is 3. The summed E-state index contributed by atoms with van der Waals surface area (Å²) in [6, 6.07) is 9.64. The van der Waals surface area contributed by atoms with E-state index >= 15 is 0 Å². The maximum atomic E-state index is 12.1. The number of benzene rings is 1. The molecule has 5 nitrogen and oxygen atoms in total. The number of carbonyl (C=O) groups is 1. The fourth-order valence-electron chi connectivity index (χ4n) is 1.99. The van der Waals surface area contributed by atoms with Crippen molar-refractivity contribution in [3.05, 3.63) is 48.0 Å². The number of carbonyl (C=O) groups excluding carboxylic acids is 1. The summed E-state index contributed by atoms with van der Waals surface area (Å²) in [5.74, 6) is 0.617. The van der Waals surface area contributed by atoms with Crippen molar-refractivity contribution in [1.29, 1.82) is 0 Å². The molecular weight excluding hydrogens is 272 g/mol. The minimum Gasteiger partial charge on any atom is -0.345 e. The first kappa shape index (κ1) is 14.6. The van der Waals surface area contributed by atoms with E-state index in [1.807, 2.05) is 44.3 Å². The SMILES string of the molecule is CC(NC(=O)C(S)Cc1ccccc1)c1nncn1C. The molecular formula is C14H18N4OS. The van der Waals surface area contributed by atoms with Crippen molar-refractivity contribution in [3.8, 4) is 0 Å². The van der Waals surface area contributed by atoms with Crippen LogP contribution in [-0.4, -0.2) is 25.9 Å². The van der Waals surface area contributed by atoms with E-state index in [2.05, 4.69) is 28.1 Å². The smallest absolute Gasteiger partial charge is 0.233 e. The second-order valence-corrected chi connectivity index (χ2v) is 5.36. The van der Waals surface area contributed by atoms with E-state index in [1.165, 1.54) is 0 Å². The van der Waals surface area contributed by atoms with Gasteiger partial charge < -0.3 is 9.88 Å². The van der Waals surface area contributed by atoms with Gasteiger partial charge >= 0.3 is 0 Å². The van der Waals surface area contributed by atoms with Crippen molar-refractivity contribution in [2.75, 3.05) is 0 Å². The fourth-order valence-corrected chi connectivity index (χ4v) is 2.27. The maximum absolute atomic E-state index is 12.1. The number of amides is 1. The topological polar surface area (TPSA) is 59.8 Å². The highest BCUT2D eigenvalue weighted by molar-refractivity contribution is 7.81. The van der Waals surface area contributed by atoms with Crippen LogP contribution in [0.2, 0.25) is 0 Å². The molecule has 1 heterocycles. The second kappa shape index (κ2) is 6.56. The van der Waals surface area contributed by atoms with Crippen LogP contribution in [0.1, 0.15) is 24.4 Å². The van der Waals surface area contributed by atoms with Gasteiger partial charge in [0.1, 0.15) is 6.33 Å². The fraction of sp³-hybridized carbons (Fsp3) is 0.357. The summed E-state index contributed by atoms with van der Waals surface area (Å²) in [4.78, 5) is 12.1. The van der Waals surface area contributed by atoms with Gasteiger partial charge in [-0.3, -0.25) is 4.79 Å².